The second kappa shape index (κ2) is 2.74. The SMILES string of the molecule is O=C1OC2CC1N(c1ccccc1)C2. The quantitative estimate of drug-likeness (QED) is 0.621. The molecule has 3 heteroatoms. The molecule has 0 spiro atoms. The molecule has 2 bridgehead atoms. The van der Waals surface area contributed by atoms with Crippen LogP contribution in [-0.2, 0) is 9.53 Å². The normalized spacial score (nSPS) is 29.4. The molecule has 2 fully saturated rings. The third kappa shape index (κ3) is 1.02. The lowest BCUT2D eigenvalue weighted by molar-refractivity contribution is -0.144. The maximum atomic E-state index is 11.4. The Morgan fingerprint density at radius 3 is 2.71 bits per heavy atom. The van der Waals surface area contributed by atoms with Crippen LogP contribution in [0, 0.1) is 0 Å². The minimum Gasteiger partial charge on any atom is -0.459 e. The summed E-state index contributed by atoms with van der Waals surface area (Å²) in [6.07, 6.45) is 0.973. The van der Waals surface area contributed by atoms with E-state index in [1.54, 1.807) is 0 Å². The molecule has 0 amide bonds. The van der Waals surface area contributed by atoms with Gasteiger partial charge in [0.05, 0.1) is 6.54 Å². The van der Waals surface area contributed by atoms with Crippen LogP contribution in [-0.4, -0.2) is 24.7 Å². The van der Waals surface area contributed by atoms with Crippen LogP contribution in [0.4, 0.5) is 5.69 Å². The number of benzene rings is 1. The summed E-state index contributed by atoms with van der Waals surface area (Å²) >= 11 is 0. The topological polar surface area (TPSA) is 29.5 Å². The molecule has 2 aliphatic rings. The number of hydrogen-bond acceptors (Lipinski definition) is 3. The van der Waals surface area contributed by atoms with Crippen LogP contribution < -0.4 is 4.90 Å². The van der Waals surface area contributed by atoms with Gasteiger partial charge in [0, 0.05) is 12.1 Å². The number of carbonyl (C=O) groups excluding carboxylic acids is 1. The van der Waals surface area contributed by atoms with E-state index >= 15 is 0 Å². The van der Waals surface area contributed by atoms with Crippen molar-refractivity contribution < 1.29 is 9.53 Å². The van der Waals surface area contributed by atoms with E-state index in [1.165, 1.54) is 0 Å². The van der Waals surface area contributed by atoms with Crippen LogP contribution >= 0.6 is 0 Å². The lowest BCUT2D eigenvalue weighted by Crippen LogP contribution is -2.40. The van der Waals surface area contributed by atoms with E-state index in [-0.39, 0.29) is 18.1 Å². The number of rotatable bonds is 1. The van der Waals surface area contributed by atoms with Crippen molar-refractivity contribution in [2.75, 3.05) is 11.4 Å². The van der Waals surface area contributed by atoms with E-state index in [2.05, 4.69) is 4.90 Å². The molecule has 2 heterocycles. The third-order valence-electron chi connectivity index (χ3n) is 2.91. The van der Waals surface area contributed by atoms with E-state index in [1.807, 2.05) is 30.3 Å². The molecule has 0 radical (unpaired) electrons. The Hall–Kier alpha value is -1.51. The summed E-state index contributed by atoms with van der Waals surface area (Å²) in [5.74, 6) is -0.0647. The van der Waals surface area contributed by atoms with Gasteiger partial charge in [0.25, 0.3) is 0 Å². The van der Waals surface area contributed by atoms with Crippen LogP contribution in [0.3, 0.4) is 0 Å². The van der Waals surface area contributed by atoms with Gasteiger partial charge in [-0.2, -0.15) is 0 Å². The van der Waals surface area contributed by atoms with Gasteiger partial charge in [-0.1, -0.05) is 18.2 Å². The average Bonchev–Trinajstić information content (AvgIpc) is 2.77. The Bertz CT molecular complexity index is 363. The number of hydrogen-bond donors (Lipinski definition) is 0. The smallest absolute Gasteiger partial charge is 0.329 e. The summed E-state index contributed by atoms with van der Waals surface area (Å²) in [6, 6.07) is 10.00. The number of para-hydroxylation sites is 1. The zero-order valence-electron chi connectivity index (χ0n) is 7.72. The van der Waals surface area contributed by atoms with E-state index in [9.17, 15) is 4.79 Å². The average molecular weight is 189 g/mol. The summed E-state index contributed by atoms with van der Waals surface area (Å²) in [5, 5.41) is 0. The Kier molecular flexibility index (Phi) is 1.54. The zero-order valence-corrected chi connectivity index (χ0v) is 7.72. The van der Waals surface area contributed by atoms with E-state index in [0.717, 1.165) is 18.7 Å². The molecule has 0 N–H and O–H groups in total. The highest BCUT2D eigenvalue weighted by atomic mass is 16.6. The highest BCUT2D eigenvalue weighted by Gasteiger charge is 2.46. The lowest BCUT2D eigenvalue weighted by Gasteiger charge is -2.27. The number of morpholine rings is 1. The van der Waals surface area contributed by atoms with Crippen LogP contribution in [0.25, 0.3) is 0 Å². The molecule has 0 aliphatic carbocycles. The van der Waals surface area contributed by atoms with Crippen molar-refractivity contribution in [1.29, 1.82) is 0 Å². The maximum Gasteiger partial charge on any atom is 0.329 e. The third-order valence-corrected chi connectivity index (χ3v) is 2.91. The van der Waals surface area contributed by atoms with Gasteiger partial charge in [-0.15, -0.1) is 0 Å². The van der Waals surface area contributed by atoms with Gasteiger partial charge in [-0.3, -0.25) is 0 Å². The minimum atomic E-state index is -0.0647. The summed E-state index contributed by atoms with van der Waals surface area (Å²) in [6.45, 7) is 0.848. The summed E-state index contributed by atoms with van der Waals surface area (Å²) < 4.78 is 5.13. The Balaban J connectivity index is 1.92. The van der Waals surface area contributed by atoms with Gasteiger partial charge in [0.15, 0.2) is 0 Å². The van der Waals surface area contributed by atoms with E-state index < -0.39 is 0 Å². The molecular weight excluding hydrogens is 178 g/mol. The van der Waals surface area contributed by atoms with Gasteiger partial charge >= 0.3 is 5.97 Å². The first-order valence-corrected chi connectivity index (χ1v) is 4.87. The van der Waals surface area contributed by atoms with Gasteiger partial charge < -0.3 is 9.64 Å². The number of nitrogens with zero attached hydrogens (tertiary/aromatic N) is 1. The van der Waals surface area contributed by atoms with Crippen LogP contribution in [0.15, 0.2) is 30.3 Å². The molecule has 0 saturated carbocycles. The molecule has 14 heavy (non-hydrogen) atoms. The van der Waals surface area contributed by atoms with Crippen molar-refractivity contribution in [3.63, 3.8) is 0 Å². The molecular formula is C11H11NO2. The fourth-order valence-corrected chi connectivity index (χ4v) is 2.25. The van der Waals surface area contributed by atoms with Gasteiger partial charge in [-0.05, 0) is 12.1 Å². The first-order chi connectivity index (χ1) is 6.84. The predicted molar refractivity (Wildman–Crippen MR) is 52.1 cm³/mol. The monoisotopic (exact) mass is 189 g/mol. The minimum absolute atomic E-state index is 0.0394. The molecule has 3 rings (SSSR count). The highest BCUT2D eigenvalue weighted by molar-refractivity contribution is 5.84. The van der Waals surface area contributed by atoms with E-state index in [0.29, 0.717) is 0 Å². The van der Waals surface area contributed by atoms with Gasteiger partial charge in [-0.25, -0.2) is 4.79 Å². The number of carbonyl (C=O) groups is 1. The summed E-state index contributed by atoms with van der Waals surface area (Å²) in [4.78, 5) is 13.5. The van der Waals surface area contributed by atoms with Crippen LogP contribution in [0.1, 0.15) is 6.42 Å². The molecule has 2 unspecified atom stereocenters. The molecule has 1 aromatic carbocycles. The van der Waals surface area contributed by atoms with Crippen LogP contribution in [0.2, 0.25) is 0 Å². The molecule has 72 valence electrons. The first-order valence-electron chi connectivity index (χ1n) is 4.87. The van der Waals surface area contributed by atoms with Crippen molar-refractivity contribution in [3.05, 3.63) is 30.3 Å². The highest BCUT2D eigenvalue weighted by Crippen LogP contribution is 2.32. The van der Waals surface area contributed by atoms with Crippen molar-refractivity contribution in [2.24, 2.45) is 0 Å². The summed E-state index contributed by atoms with van der Waals surface area (Å²) in [5.41, 5.74) is 1.12. The molecule has 0 aromatic heterocycles. The fraction of sp³-hybridized carbons (Fsp3) is 0.364. The molecule has 3 nitrogen and oxygen atoms in total. The molecule has 2 aliphatic heterocycles. The van der Waals surface area contributed by atoms with Crippen molar-refractivity contribution in [1.82, 2.24) is 0 Å². The molecule has 2 atom stereocenters. The maximum absolute atomic E-state index is 11.4. The second-order valence-corrected chi connectivity index (χ2v) is 3.80. The Morgan fingerprint density at radius 2 is 2.07 bits per heavy atom. The van der Waals surface area contributed by atoms with Crippen molar-refractivity contribution in [2.45, 2.75) is 18.6 Å². The number of esters is 1. The largest absolute Gasteiger partial charge is 0.459 e. The standard InChI is InChI=1S/C11H11NO2/c13-11-10-6-9(14-11)7-12(10)8-4-2-1-3-5-8/h1-5,9-10H,6-7H2. The molecule has 1 aromatic rings. The number of ether oxygens (including phenoxy) is 1. The fourth-order valence-electron chi connectivity index (χ4n) is 2.25. The van der Waals surface area contributed by atoms with Crippen molar-refractivity contribution in [3.8, 4) is 0 Å². The predicted octanol–water partition coefficient (Wildman–Crippen LogP) is 1.19. The zero-order chi connectivity index (χ0) is 9.54. The van der Waals surface area contributed by atoms with Gasteiger partial charge in [0.1, 0.15) is 12.1 Å². The summed E-state index contributed by atoms with van der Waals surface area (Å²) in [7, 11) is 0. The van der Waals surface area contributed by atoms with E-state index in [4.69, 9.17) is 4.74 Å². The van der Waals surface area contributed by atoms with Crippen molar-refractivity contribution >= 4 is 11.7 Å². The number of anilines is 1. The first kappa shape index (κ1) is 7.85. The molecule has 2 saturated heterocycles. The second-order valence-electron chi connectivity index (χ2n) is 3.80. The van der Waals surface area contributed by atoms with Crippen LogP contribution in [0.5, 0.6) is 0 Å². The number of fused-ring (bicyclic) bond motifs is 2. The Labute approximate surface area is 82.3 Å². The lowest BCUT2D eigenvalue weighted by atomic mass is 10.2. The van der Waals surface area contributed by atoms with Gasteiger partial charge in [0.2, 0.25) is 0 Å². The Morgan fingerprint density at radius 1 is 1.29 bits per heavy atom.